The molecule has 2 N–H and O–H groups in total. The molecule has 146 valence electrons. The highest BCUT2D eigenvalue weighted by Gasteiger charge is 2.06. The number of aliphatic imine (C=N–C) groups is 1. The Morgan fingerprint density at radius 3 is 2.54 bits per heavy atom. The first-order valence-electron chi connectivity index (χ1n) is 9.42. The molecular weight excluding hydrogens is 330 g/mol. The van der Waals surface area contributed by atoms with Gasteiger partial charge in [0.05, 0.1) is 13.7 Å². The van der Waals surface area contributed by atoms with Crippen LogP contribution in [0.5, 0.6) is 5.75 Å². The zero-order chi connectivity index (χ0) is 19.2. The van der Waals surface area contributed by atoms with Gasteiger partial charge in [0.15, 0.2) is 5.96 Å². The van der Waals surface area contributed by atoms with Crippen LogP contribution in [0.15, 0.2) is 29.3 Å². The van der Waals surface area contributed by atoms with Crippen LogP contribution in [0.1, 0.15) is 51.5 Å². The van der Waals surface area contributed by atoms with Crippen LogP contribution in [-0.2, 0) is 9.53 Å². The molecule has 0 saturated heterocycles. The average molecular weight is 364 g/mol. The molecule has 0 saturated carbocycles. The highest BCUT2D eigenvalue weighted by atomic mass is 16.5. The molecule has 1 aromatic carbocycles. The minimum atomic E-state index is -0.158. The van der Waals surface area contributed by atoms with Crippen molar-refractivity contribution >= 4 is 11.9 Å². The third-order valence-corrected chi connectivity index (χ3v) is 4.01. The monoisotopic (exact) mass is 363 g/mol. The van der Waals surface area contributed by atoms with Crippen LogP contribution in [0.2, 0.25) is 0 Å². The van der Waals surface area contributed by atoms with E-state index in [1.54, 1.807) is 7.11 Å². The Morgan fingerprint density at radius 1 is 1.19 bits per heavy atom. The molecule has 1 aromatic rings. The standard InChI is InChI=1S/C20H33N3O3/c1-5-21-20(22-14-7-8-19(24)26-6-2)23-15-13-16(3)17-9-11-18(25-4)12-10-17/h9-12,16H,5-8,13-15H2,1-4H3,(H2,21,22,23). The fourth-order valence-corrected chi connectivity index (χ4v) is 2.50. The second kappa shape index (κ2) is 13.0. The summed E-state index contributed by atoms with van der Waals surface area (Å²) in [6.45, 7) is 8.73. The average Bonchev–Trinajstić information content (AvgIpc) is 2.65. The van der Waals surface area contributed by atoms with Gasteiger partial charge in [-0.3, -0.25) is 9.79 Å². The Hall–Kier alpha value is -2.24. The zero-order valence-electron chi connectivity index (χ0n) is 16.5. The fraction of sp³-hybridized carbons (Fsp3) is 0.600. The number of hydrogen-bond acceptors (Lipinski definition) is 4. The van der Waals surface area contributed by atoms with Gasteiger partial charge in [0.2, 0.25) is 0 Å². The Morgan fingerprint density at radius 2 is 1.92 bits per heavy atom. The van der Waals surface area contributed by atoms with Crippen molar-refractivity contribution in [3.63, 3.8) is 0 Å². The van der Waals surface area contributed by atoms with E-state index in [9.17, 15) is 4.79 Å². The third kappa shape index (κ3) is 8.74. The van der Waals surface area contributed by atoms with Crippen LogP contribution >= 0.6 is 0 Å². The summed E-state index contributed by atoms with van der Waals surface area (Å²) in [4.78, 5) is 15.8. The van der Waals surface area contributed by atoms with Crippen LogP contribution in [0, 0.1) is 0 Å². The molecule has 0 aliphatic heterocycles. The van der Waals surface area contributed by atoms with Gasteiger partial charge in [-0.05, 0) is 50.3 Å². The molecule has 6 nitrogen and oxygen atoms in total. The summed E-state index contributed by atoms with van der Waals surface area (Å²) in [5.74, 6) is 1.95. The summed E-state index contributed by atoms with van der Waals surface area (Å²) in [7, 11) is 1.68. The van der Waals surface area contributed by atoms with Crippen molar-refractivity contribution in [2.45, 2.75) is 46.0 Å². The van der Waals surface area contributed by atoms with Crippen molar-refractivity contribution in [3.8, 4) is 5.75 Å². The maximum absolute atomic E-state index is 11.3. The quantitative estimate of drug-likeness (QED) is 0.274. The number of carbonyl (C=O) groups is 1. The first-order valence-corrected chi connectivity index (χ1v) is 9.42. The van der Waals surface area contributed by atoms with Gasteiger partial charge in [-0.2, -0.15) is 0 Å². The van der Waals surface area contributed by atoms with Gasteiger partial charge in [0.1, 0.15) is 5.75 Å². The van der Waals surface area contributed by atoms with Crippen molar-refractivity contribution < 1.29 is 14.3 Å². The number of benzene rings is 1. The van der Waals surface area contributed by atoms with Crippen molar-refractivity contribution in [3.05, 3.63) is 29.8 Å². The molecule has 1 rings (SSSR count). The van der Waals surface area contributed by atoms with Crippen LogP contribution in [0.25, 0.3) is 0 Å². The highest BCUT2D eigenvalue weighted by molar-refractivity contribution is 5.79. The number of rotatable bonds is 11. The molecule has 0 bridgehead atoms. The minimum absolute atomic E-state index is 0.158. The van der Waals surface area contributed by atoms with Gasteiger partial charge in [0, 0.05) is 26.1 Å². The van der Waals surface area contributed by atoms with E-state index in [-0.39, 0.29) is 5.97 Å². The van der Waals surface area contributed by atoms with Gasteiger partial charge >= 0.3 is 5.97 Å². The van der Waals surface area contributed by atoms with E-state index in [1.807, 2.05) is 26.0 Å². The summed E-state index contributed by atoms with van der Waals surface area (Å²) in [5, 5.41) is 6.59. The summed E-state index contributed by atoms with van der Waals surface area (Å²) < 4.78 is 10.1. The molecule has 0 heterocycles. The predicted molar refractivity (Wildman–Crippen MR) is 106 cm³/mol. The molecule has 0 amide bonds. The molecule has 1 atom stereocenters. The number of carbonyl (C=O) groups excluding carboxylic acids is 1. The van der Waals surface area contributed by atoms with E-state index in [1.165, 1.54) is 5.56 Å². The number of guanidine groups is 1. The van der Waals surface area contributed by atoms with E-state index < -0.39 is 0 Å². The lowest BCUT2D eigenvalue weighted by atomic mass is 9.98. The molecule has 1 unspecified atom stereocenters. The third-order valence-electron chi connectivity index (χ3n) is 4.01. The smallest absolute Gasteiger partial charge is 0.305 e. The van der Waals surface area contributed by atoms with Gasteiger partial charge in [0.25, 0.3) is 0 Å². The number of esters is 1. The molecule has 6 heteroatoms. The fourth-order valence-electron chi connectivity index (χ4n) is 2.50. The van der Waals surface area contributed by atoms with E-state index in [0.29, 0.717) is 31.9 Å². The van der Waals surface area contributed by atoms with E-state index >= 15 is 0 Å². The lowest BCUT2D eigenvalue weighted by Crippen LogP contribution is -2.38. The van der Waals surface area contributed by atoms with Crippen LogP contribution in [0.4, 0.5) is 0 Å². The Labute approximate surface area is 157 Å². The summed E-state index contributed by atoms with van der Waals surface area (Å²) in [6.07, 6.45) is 2.10. The van der Waals surface area contributed by atoms with E-state index in [4.69, 9.17) is 9.47 Å². The second-order valence-electron chi connectivity index (χ2n) is 6.06. The molecule has 0 spiro atoms. The summed E-state index contributed by atoms with van der Waals surface area (Å²) >= 11 is 0. The van der Waals surface area contributed by atoms with Crippen molar-refractivity contribution in [1.29, 1.82) is 0 Å². The number of nitrogens with zero attached hydrogens (tertiary/aromatic N) is 1. The van der Waals surface area contributed by atoms with Crippen molar-refractivity contribution in [2.75, 3.05) is 33.4 Å². The lowest BCUT2D eigenvalue weighted by molar-refractivity contribution is -0.143. The second-order valence-corrected chi connectivity index (χ2v) is 6.06. The molecular formula is C20H33N3O3. The minimum Gasteiger partial charge on any atom is -0.497 e. The Balaban J connectivity index is 2.37. The molecule has 0 fully saturated rings. The number of methoxy groups -OCH3 is 1. The van der Waals surface area contributed by atoms with Crippen LogP contribution in [-0.4, -0.2) is 45.3 Å². The van der Waals surface area contributed by atoms with Gasteiger partial charge in [-0.15, -0.1) is 0 Å². The Bertz CT molecular complexity index is 544. The molecule has 0 aliphatic rings. The van der Waals surface area contributed by atoms with Crippen LogP contribution < -0.4 is 15.4 Å². The molecule has 0 radical (unpaired) electrons. The number of hydrogen-bond donors (Lipinski definition) is 2. The lowest BCUT2D eigenvalue weighted by Gasteiger charge is -2.15. The van der Waals surface area contributed by atoms with E-state index in [2.05, 4.69) is 34.7 Å². The first-order chi connectivity index (χ1) is 12.6. The Kier molecular flexibility index (Phi) is 10.9. The maximum Gasteiger partial charge on any atom is 0.305 e. The van der Waals surface area contributed by atoms with Crippen molar-refractivity contribution in [1.82, 2.24) is 10.6 Å². The largest absolute Gasteiger partial charge is 0.497 e. The first kappa shape index (κ1) is 21.8. The molecule has 26 heavy (non-hydrogen) atoms. The van der Waals surface area contributed by atoms with Crippen molar-refractivity contribution in [2.24, 2.45) is 4.99 Å². The summed E-state index contributed by atoms with van der Waals surface area (Å²) in [6, 6.07) is 8.21. The van der Waals surface area contributed by atoms with Crippen LogP contribution in [0.3, 0.4) is 0 Å². The topological polar surface area (TPSA) is 72.0 Å². The molecule has 0 aliphatic carbocycles. The SMILES string of the molecule is CCNC(=NCCCC(=O)OCC)NCCC(C)c1ccc(OC)cc1. The highest BCUT2D eigenvalue weighted by Crippen LogP contribution is 2.21. The summed E-state index contributed by atoms with van der Waals surface area (Å²) in [5.41, 5.74) is 1.30. The normalized spacial score (nSPS) is 12.4. The predicted octanol–water partition coefficient (Wildman–Crippen LogP) is 3.09. The van der Waals surface area contributed by atoms with Gasteiger partial charge in [-0.25, -0.2) is 0 Å². The molecule has 0 aromatic heterocycles. The number of nitrogens with one attached hydrogen (secondary N) is 2. The zero-order valence-corrected chi connectivity index (χ0v) is 16.5. The number of ether oxygens (including phenoxy) is 2. The van der Waals surface area contributed by atoms with Gasteiger partial charge < -0.3 is 20.1 Å². The maximum atomic E-state index is 11.3. The van der Waals surface area contributed by atoms with Gasteiger partial charge in [-0.1, -0.05) is 19.1 Å². The van der Waals surface area contributed by atoms with E-state index in [0.717, 1.165) is 31.2 Å².